The number of hydrogen-bond acceptors (Lipinski definition) is 6. The lowest BCUT2D eigenvalue weighted by atomic mass is 9.95. The summed E-state index contributed by atoms with van der Waals surface area (Å²) in [6.45, 7) is 5.27. The van der Waals surface area contributed by atoms with Crippen molar-refractivity contribution in [2.45, 2.75) is 45.8 Å². The van der Waals surface area contributed by atoms with Gasteiger partial charge in [0.2, 0.25) is 11.8 Å². The van der Waals surface area contributed by atoms with E-state index >= 15 is 0 Å². The van der Waals surface area contributed by atoms with Crippen molar-refractivity contribution >= 4 is 18.3 Å². The minimum absolute atomic E-state index is 0. The molecule has 0 spiro atoms. The molecule has 8 heteroatoms. The molecule has 1 aliphatic rings. The average molecular weight is 347 g/mol. The Kier molecular flexibility index (Phi) is 7.94. The Labute approximate surface area is 143 Å². The third-order valence-corrected chi connectivity index (χ3v) is 4.29. The van der Waals surface area contributed by atoms with E-state index in [1.807, 2.05) is 13.8 Å². The summed E-state index contributed by atoms with van der Waals surface area (Å²) in [6.07, 6.45) is 2.82. The molecule has 2 rings (SSSR count). The molecule has 2 N–H and O–H groups in total. The summed E-state index contributed by atoms with van der Waals surface area (Å²) in [7, 11) is 1.77. The zero-order valence-corrected chi connectivity index (χ0v) is 14.8. The Bertz CT molecular complexity index is 497. The largest absolute Gasteiger partial charge is 0.371 e. The maximum atomic E-state index is 12.5. The Hall–Kier alpha value is -1.18. The van der Waals surface area contributed by atoms with Gasteiger partial charge in [-0.15, -0.1) is 12.4 Å². The number of amides is 1. The number of carbonyl (C=O) groups is 1. The van der Waals surface area contributed by atoms with Crippen LogP contribution in [0.3, 0.4) is 0 Å². The van der Waals surface area contributed by atoms with E-state index in [9.17, 15) is 4.79 Å². The Morgan fingerprint density at radius 2 is 2.26 bits per heavy atom. The molecule has 1 aromatic rings. The van der Waals surface area contributed by atoms with Crippen LogP contribution in [0, 0.1) is 11.8 Å². The molecule has 23 heavy (non-hydrogen) atoms. The van der Waals surface area contributed by atoms with Crippen LogP contribution in [0.5, 0.6) is 0 Å². The van der Waals surface area contributed by atoms with Crippen LogP contribution in [-0.4, -0.2) is 41.1 Å². The highest BCUT2D eigenvalue weighted by Crippen LogP contribution is 2.32. The number of halogens is 1. The molecule has 0 aromatic carbocycles. The van der Waals surface area contributed by atoms with E-state index in [4.69, 9.17) is 15.0 Å². The number of nitrogens with two attached hydrogens (primary N) is 1. The van der Waals surface area contributed by atoms with Gasteiger partial charge in [-0.2, -0.15) is 4.98 Å². The standard InChI is InChI=1S/C15H26N4O3.ClH/c1-4-21-10(2)14-17-13(22-18-14)9-19(3)15(20)12-7-5-6-11(12)8-16;/h10-12H,4-9,16H2,1-3H3;1H/t10?,11-,12-;/m1./s1. The first-order chi connectivity index (χ1) is 10.6. The summed E-state index contributed by atoms with van der Waals surface area (Å²) < 4.78 is 10.6. The molecule has 1 heterocycles. The average Bonchev–Trinajstić information content (AvgIpc) is 3.15. The van der Waals surface area contributed by atoms with Crippen LogP contribution in [0.2, 0.25) is 0 Å². The van der Waals surface area contributed by atoms with Gasteiger partial charge in [-0.05, 0) is 39.2 Å². The molecule has 7 nitrogen and oxygen atoms in total. The molecule has 0 aliphatic heterocycles. The molecule has 3 atom stereocenters. The van der Waals surface area contributed by atoms with Crippen molar-refractivity contribution in [3.8, 4) is 0 Å². The monoisotopic (exact) mass is 346 g/mol. The first-order valence-electron chi connectivity index (χ1n) is 7.95. The van der Waals surface area contributed by atoms with Crippen molar-refractivity contribution in [2.24, 2.45) is 17.6 Å². The van der Waals surface area contributed by atoms with Gasteiger partial charge >= 0.3 is 0 Å². The number of hydrogen-bond donors (Lipinski definition) is 1. The summed E-state index contributed by atoms with van der Waals surface area (Å²) in [5.74, 6) is 1.38. The van der Waals surface area contributed by atoms with Crippen LogP contribution >= 0.6 is 12.4 Å². The normalized spacial score (nSPS) is 21.7. The molecule has 1 amide bonds. The summed E-state index contributed by atoms with van der Waals surface area (Å²) in [5.41, 5.74) is 5.75. The Balaban J connectivity index is 0.00000264. The van der Waals surface area contributed by atoms with Crippen LogP contribution in [0.1, 0.15) is 50.9 Å². The highest BCUT2D eigenvalue weighted by atomic mass is 35.5. The van der Waals surface area contributed by atoms with Gasteiger partial charge in [0.05, 0.1) is 6.54 Å². The lowest BCUT2D eigenvalue weighted by Gasteiger charge is -2.23. The first-order valence-corrected chi connectivity index (χ1v) is 7.95. The van der Waals surface area contributed by atoms with Gasteiger partial charge in [-0.25, -0.2) is 0 Å². The molecule has 0 radical (unpaired) electrons. The Morgan fingerprint density at radius 3 is 2.91 bits per heavy atom. The van der Waals surface area contributed by atoms with Crippen LogP contribution in [-0.2, 0) is 16.1 Å². The van der Waals surface area contributed by atoms with Crippen LogP contribution in [0.25, 0.3) is 0 Å². The lowest BCUT2D eigenvalue weighted by Crippen LogP contribution is -2.36. The molecule has 1 saturated carbocycles. The SMILES string of the molecule is CCOC(C)c1noc(CN(C)C(=O)[C@@H]2CCC[C@@H]2CN)n1.Cl. The molecule has 0 saturated heterocycles. The number of carbonyl (C=O) groups excluding carboxylic acids is 1. The third kappa shape index (κ3) is 4.89. The van der Waals surface area contributed by atoms with Gasteiger partial charge in [-0.1, -0.05) is 11.6 Å². The van der Waals surface area contributed by atoms with E-state index in [0.29, 0.717) is 37.3 Å². The molecular formula is C15H27ClN4O3. The van der Waals surface area contributed by atoms with Gasteiger partial charge in [-0.3, -0.25) is 4.79 Å². The maximum Gasteiger partial charge on any atom is 0.246 e. The quantitative estimate of drug-likeness (QED) is 0.810. The van der Waals surface area contributed by atoms with E-state index in [-0.39, 0.29) is 30.3 Å². The first kappa shape index (κ1) is 19.9. The second-order valence-electron chi connectivity index (χ2n) is 5.87. The molecular weight excluding hydrogens is 320 g/mol. The van der Waals surface area contributed by atoms with E-state index in [1.165, 1.54) is 0 Å². The number of aromatic nitrogens is 2. The van der Waals surface area contributed by atoms with E-state index < -0.39 is 0 Å². The second kappa shape index (κ2) is 9.20. The Morgan fingerprint density at radius 1 is 1.52 bits per heavy atom. The van der Waals surface area contributed by atoms with Crippen molar-refractivity contribution in [1.29, 1.82) is 0 Å². The topological polar surface area (TPSA) is 94.5 Å². The zero-order chi connectivity index (χ0) is 16.1. The van der Waals surface area contributed by atoms with Crippen LogP contribution in [0.4, 0.5) is 0 Å². The fourth-order valence-electron chi connectivity index (χ4n) is 3.03. The van der Waals surface area contributed by atoms with Crippen molar-refractivity contribution in [3.05, 3.63) is 11.7 Å². The summed E-state index contributed by atoms with van der Waals surface area (Å²) in [6, 6.07) is 0. The van der Waals surface area contributed by atoms with Gasteiger partial charge in [0.1, 0.15) is 6.10 Å². The highest BCUT2D eigenvalue weighted by molar-refractivity contribution is 5.85. The van der Waals surface area contributed by atoms with Crippen molar-refractivity contribution < 1.29 is 14.1 Å². The third-order valence-electron chi connectivity index (χ3n) is 4.29. The maximum absolute atomic E-state index is 12.5. The number of ether oxygens (including phenoxy) is 1. The van der Waals surface area contributed by atoms with Crippen LogP contribution in [0.15, 0.2) is 4.52 Å². The fourth-order valence-corrected chi connectivity index (χ4v) is 3.03. The fraction of sp³-hybridized carbons (Fsp3) is 0.800. The molecule has 1 aromatic heterocycles. The summed E-state index contributed by atoms with van der Waals surface area (Å²) in [5, 5.41) is 3.91. The number of rotatable bonds is 7. The minimum atomic E-state index is -0.208. The molecule has 0 bridgehead atoms. The number of nitrogens with zero attached hydrogens (tertiary/aromatic N) is 3. The predicted octanol–water partition coefficient (Wildman–Crippen LogP) is 1.92. The van der Waals surface area contributed by atoms with Gasteiger partial charge in [0, 0.05) is 19.6 Å². The van der Waals surface area contributed by atoms with E-state index in [0.717, 1.165) is 19.3 Å². The molecule has 1 unspecified atom stereocenters. The highest BCUT2D eigenvalue weighted by Gasteiger charge is 2.34. The molecule has 132 valence electrons. The summed E-state index contributed by atoms with van der Waals surface area (Å²) >= 11 is 0. The smallest absolute Gasteiger partial charge is 0.246 e. The van der Waals surface area contributed by atoms with Crippen molar-refractivity contribution in [1.82, 2.24) is 15.0 Å². The summed E-state index contributed by atoms with van der Waals surface area (Å²) in [4.78, 5) is 18.5. The van der Waals surface area contributed by atoms with Gasteiger partial charge in [0.15, 0.2) is 5.82 Å². The molecule has 1 fully saturated rings. The van der Waals surface area contributed by atoms with Gasteiger partial charge < -0.3 is 19.9 Å². The predicted molar refractivity (Wildman–Crippen MR) is 87.9 cm³/mol. The van der Waals surface area contributed by atoms with E-state index in [1.54, 1.807) is 11.9 Å². The minimum Gasteiger partial charge on any atom is -0.371 e. The van der Waals surface area contributed by atoms with Crippen molar-refractivity contribution in [2.75, 3.05) is 20.2 Å². The van der Waals surface area contributed by atoms with Crippen molar-refractivity contribution in [3.63, 3.8) is 0 Å². The van der Waals surface area contributed by atoms with Gasteiger partial charge in [0.25, 0.3) is 0 Å². The zero-order valence-electron chi connectivity index (χ0n) is 14.0. The second-order valence-corrected chi connectivity index (χ2v) is 5.87. The lowest BCUT2D eigenvalue weighted by molar-refractivity contribution is -0.136. The van der Waals surface area contributed by atoms with E-state index in [2.05, 4.69) is 10.1 Å². The molecule has 1 aliphatic carbocycles. The van der Waals surface area contributed by atoms with Crippen LogP contribution < -0.4 is 5.73 Å².